The quantitative estimate of drug-likeness (QED) is 0.925. The van der Waals surface area contributed by atoms with Crippen molar-refractivity contribution in [1.82, 2.24) is 15.2 Å². The van der Waals surface area contributed by atoms with Gasteiger partial charge in [-0.3, -0.25) is 9.69 Å². The molecule has 122 valence electrons. The van der Waals surface area contributed by atoms with Crippen molar-refractivity contribution in [2.24, 2.45) is 5.92 Å². The van der Waals surface area contributed by atoms with Crippen LogP contribution in [0.5, 0.6) is 0 Å². The Morgan fingerprint density at radius 2 is 2.13 bits per heavy atom. The standard InChI is InChI=1S/C17H20FN3O2/c1-17(2)15(10-3-5-21(17)6-4-10)20-16(22)12-7-11-8-14(18)23-13(11)9-19-12/h7-10,15H,3-6H2,1-2H3,(H,20,22)/t15-/m1/s1. The molecule has 1 N–H and O–H groups in total. The number of amides is 1. The summed E-state index contributed by atoms with van der Waals surface area (Å²) in [5.74, 6) is 0.300. The van der Waals surface area contributed by atoms with Crippen LogP contribution in [0.15, 0.2) is 22.7 Å². The highest BCUT2D eigenvalue weighted by Crippen LogP contribution is 2.39. The largest absolute Gasteiger partial charge is 0.429 e. The molecule has 5 nitrogen and oxygen atoms in total. The summed E-state index contributed by atoms with van der Waals surface area (Å²) in [6.07, 6.45) is 3.64. The lowest BCUT2D eigenvalue weighted by Gasteiger charge is -2.56. The number of carbonyl (C=O) groups is 1. The van der Waals surface area contributed by atoms with E-state index in [4.69, 9.17) is 4.42 Å². The predicted octanol–water partition coefficient (Wildman–Crippen LogP) is 2.57. The molecule has 0 aliphatic carbocycles. The Hall–Kier alpha value is -1.95. The molecule has 1 amide bonds. The molecule has 0 saturated carbocycles. The van der Waals surface area contributed by atoms with Crippen molar-refractivity contribution in [3.8, 4) is 0 Å². The van der Waals surface area contributed by atoms with E-state index in [1.165, 1.54) is 12.3 Å². The molecule has 5 rings (SSSR count). The van der Waals surface area contributed by atoms with Crippen molar-refractivity contribution >= 4 is 16.9 Å². The number of halogens is 1. The second-order valence-electron chi connectivity index (χ2n) is 7.09. The van der Waals surface area contributed by atoms with Crippen LogP contribution in [-0.4, -0.2) is 40.5 Å². The van der Waals surface area contributed by atoms with E-state index in [9.17, 15) is 9.18 Å². The topological polar surface area (TPSA) is 58.4 Å². The lowest BCUT2D eigenvalue weighted by Crippen LogP contribution is -2.69. The smallest absolute Gasteiger partial charge is 0.278 e. The lowest BCUT2D eigenvalue weighted by molar-refractivity contribution is -0.0378. The number of rotatable bonds is 2. The van der Waals surface area contributed by atoms with Gasteiger partial charge in [0.05, 0.1) is 6.20 Å². The molecule has 1 atom stereocenters. The van der Waals surface area contributed by atoms with Gasteiger partial charge >= 0.3 is 0 Å². The lowest BCUT2D eigenvalue weighted by atomic mass is 9.72. The number of pyridine rings is 1. The zero-order chi connectivity index (χ0) is 16.2. The molecule has 0 spiro atoms. The molecule has 2 bridgehead atoms. The second kappa shape index (κ2) is 5.03. The van der Waals surface area contributed by atoms with Crippen molar-refractivity contribution < 1.29 is 13.6 Å². The number of nitrogens with one attached hydrogen (secondary N) is 1. The zero-order valence-corrected chi connectivity index (χ0v) is 13.3. The van der Waals surface area contributed by atoms with Crippen LogP contribution in [0.1, 0.15) is 37.2 Å². The van der Waals surface area contributed by atoms with Crippen LogP contribution < -0.4 is 5.32 Å². The van der Waals surface area contributed by atoms with Gasteiger partial charge in [-0.15, -0.1) is 0 Å². The summed E-state index contributed by atoms with van der Waals surface area (Å²) in [5, 5.41) is 3.71. The van der Waals surface area contributed by atoms with Crippen molar-refractivity contribution in [3.05, 3.63) is 30.0 Å². The van der Waals surface area contributed by atoms with Gasteiger partial charge in [0.15, 0.2) is 5.58 Å². The first-order chi connectivity index (χ1) is 10.9. The van der Waals surface area contributed by atoms with E-state index in [1.807, 2.05) is 0 Å². The van der Waals surface area contributed by atoms with E-state index in [2.05, 4.69) is 29.0 Å². The van der Waals surface area contributed by atoms with Gasteiger partial charge in [-0.05, 0) is 51.8 Å². The molecule has 23 heavy (non-hydrogen) atoms. The van der Waals surface area contributed by atoms with Crippen molar-refractivity contribution in [2.75, 3.05) is 13.1 Å². The SMILES string of the molecule is CC1(C)[C@H](NC(=O)c2cc3cc(F)oc3cn2)C2CCN1CC2. The molecule has 0 radical (unpaired) electrons. The van der Waals surface area contributed by atoms with Gasteiger partial charge in [0, 0.05) is 23.0 Å². The number of fused-ring (bicyclic) bond motifs is 4. The van der Waals surface area contributed by atoms with E-state index < -0.39 is 6.01 Å². The van der Waals surface area contributed by atoms with Crippen LogP contribution in [0.25, 0.3) is 11.0 Å². The molecular formula is C17H20FN3O2. The Labute approximate surface area is 133 Å². The predicted molar refractivity (Wildman–Crippen MR) is 83.6 cm³/mol. The average molecular weight is 317 g/mol. The van der Waals surface area contributed by atoms with E-state index in [0.717, 1.165) is 25.9 Å². The molecule has 5 heterocycles. The summed E-state index contributed by atoms with van der Waals surface area (Å²) in [4.78, 5) is 19.2. The molecule has 2 aromatic rings. The van der Waals surface area contributed by atoms with Crippen LogP contribution in [0.2, 0.25) is 0 Å². The van der Waals surface area contributed by atoms with E-state index in [-0.39, 0.29) is 17.5 Å². The number of carbonyl (C=O) groups excluding carboxylic acids is 1. The Bertz CT molecular complexity index is 762. The van der Waals surface area contributed by atoms with Crippen molar-refractivity contribution in [2.45, 2.75) is 38.3 Å². The maximum atomic E-state index is 13.1. The first-order valence-corrected chi connectivity index (χ1v) is 8.06. The van der Waals surface area contributed by atoms with Gasteiger partial charge in [0.2, 0.25) is 0 Å². The van der Waals surface area contributed by atoms with Gasteiger partial charge in [-0.1, -0.05) is 0 Å². The maximum Gasteiger partial charge on any atom is 0.278 e. The summed E-state index contributed by atoms with van der Waals surface area (Å²) in [5.41, 5.74) is 0.593. The van der Waals surface area contributed by atoms with Crippen LogP contribution in [-0.2, 0) is 0 Å². The normalized spacial score (nSPS) is 28.9. The third kappa shape index (κ3) is 2.32. The Kier molecular flexibility index (Phi) is 3.20. The first kappa shape index (κ1) is 14.6. The summed E-state index contributed by atoms with van der Waals surface area (Å²) in [7, 11) is 0. The van der Waals surface area contributed by atoms with Gasteiger partial charge < -0.3 is 9.73 Å². The van der Waals surface area contributed by atoms with Crippen LogP contribution in [0, 0.1) is 11.9 Å². The van der Waals surface area contributed by atoms with Crippen molar-refractivity contribution in [3.63, 3.8) is 0 Å². The molecule has 0 unspecified atom stereocenters. The number of furan rings is 1. The minimum Gasteiger partial charge on any atom is -0.429 e. The van der Waals surface area contributed by atoms with Crippen LogP contribution in [0.3, 0.4) is 0 Å². The molecule has 3 fully saturated rings. The van der Waals surface area contributed by atoms with Crippen LogP contribution in [0.4, 0.5) is 4.39 Å². The molecule has 3 aliphatic rings. The monoisotopic (exact) mass is 317 g/mol. The second-order valence-corrected chi connectivity index (χ2v) is 7.09. The highest BCUT2D eigenvalue weighted by Gasteiger charge is 2.48. The molecule has 3 saturated heterocycles. The third-order valence-corrected chi connectivity index (χ3v) is 5.48. The van der Waals surface area contributed by atoms with E-state index >= 15 is 0 Å². The summed E-state index contributed by atoms with van der Waals surface area (Å²) in [6.45, 7) is 6.57. The number of hydrogen-bond acceptors (Lipinski definition) is 4. The fraction of sp³-hybridized carbons (Fsp3) is 0.529. The molecule has 0 aromatic carbocycles. The van der Waals surface area contributed by atoms with E-state index in [1.54, 1.807) is 6.07 Å². The van der Waals surface area contributed by atoms with Gasteiger partial charge in [0.1, 0.15) is 5.69 Å². The molecule has 3 aliphatic heterocycles. The molecule has 6 heteroatoms. The fourth-order valence-electron chi connectivity index (χ4n) is 4.13. The summed E-state index contributed by atoms with van der Waals surface area (Å²) < 4.78 is 18.0. The number of aromatic nitrogens is 1. The fourth-order valence-corrected chi connectivity index (χ4v) is 4.13. The highest BCUT2D eigenvalue weighted by atomic mass is 19.1. The summed E-state index contributed by atoms with van der Waals surface area (Å²) >= 11 is 0. The third-order valence-electron chi connectivity index (χ3n) is 5.48. The zero-order valence-electron chi connectivity index (χ0n) is 13.3. The maximum absolute atomic E-state index is 13.1. The average Bonchev–Trinajstić information content (AvgIpc) is 2.90. The molecular weight excluding hydrogens is 297 g/mol. The Balaban J connectivity index is 1.58. The number of hydrogen-bond donors (Lipinski definition) is 1. The Morgan fingerprint density at radius 1 is 1.39 bits per heavy atom. The molecule has 2 aromatic heterocycles. The van der Waals surface area contributed by atoms with Gasteiger partial charge in [-0.2, -0.15) is 4.39 Å². The van der Waals surface area contributed by atoms with Gasteiger partial charge in [0.25, 0.3) is 11.9 Å². The minimum atomic E-state index is -0.669. The number of nitrogens with zero attached hydrogens (tertiary/aromatic N) is 2. The van der Waals surface area contributed by atoms with Crippen molar-refractivity contribution in [1.29, 1.82) is 0 Å². The highest BCUT2D eigenvalue weighted by molar-refractivity contribution is 5.95. The Morgan fingerprint density at radius 3 is 2.83 bits per heavy atom. The van der Waals surface area contributed by atoms with Crippen LogP contribution >= 0.6 is 0 Å². The first-order valence-electron chi connectivity index (χ1n) is 8.06. The van der Waals surface area contributed by atoms with Gasteiger partial charge in [-0.25, -0.2) is 4.98 Å². The van der Waals surface area contributed by atoms with E-state index in [0.29, 0.717) is 22.6 Å². The minimum absolute atomic E-state index is 0.0529. The summed E-state index contributed by atoms with van der Waals surface area (Å²) in [6, 6.07) is 2.28. The number of piperidine rings is 3.